The van der Waals surface area contributed by atoms with Gasteiger partial charge in [-0.1, -0.05) is 25.1 Å². The maximum absolute atomic E-state index is 13.3. The summed E-state index contributed by atoms with van der Waals surface area (Å²) in [4.78, 5) is 11.4. The first-order valence-electron chi connectivity index (χ1n) is 5.70. The van der Waals surface area contributed by atoms with E-state index in [1.165, 1.54) is 6.07 Å². The summed E-state index contributed by atoms with van der Waals surface area (Å²) in [5.41, 5.74) is 0.440. The number of benzene rings is 1. The van der Waals surface area contributed by atoms with E-state index in [-0.39, 0.29) is 12.4 Å². The number of rotatable bonds is 6. The molecule has 0 aliphatic rings. The second-order valence-electron chi connectivity index (χ2n) is 3.55. The molecule has 0 saturated heterocycles. The zero-order valence-electron chi connectivity index (χ0n) is 10.1. The monoisotopic (exact) mass is 240 g/mol. The summed E-state index contributed by atoms with van der Waals surface area (Å²) in [6, 6.07) is 6.34. The van der Waals surface area contributed by atoms with Crippen LogP contribution in [0.5, 0.6) is 0 Å². The number of esters is 1. The summed E-state index contributed by atoms with van der Waals surface area (Å²) < 4.78 is 23.5. The van der Waals surface area contributed by atoms with Crippen LogP contribution in [-0.2, 0) is 20.9 Å². The van der Waals surface area contributed by atoms with E-state index in [0.29, 0.717) is 18.6 Å². The fourth-order valence-electron chi connectivity index (χ4n) is 1.39. The Bertz CT molecular complexity index is 365. The summed E-state index contributed by atoms with van der Waals surface area (Å²) >= 11 is 0. The first kappa shape index (κ1) is 13.6. The molecule has 0 radical (unpaired) electrons. The average Bonchev–Trinajstić information content (AvgIpc) is 2.32. The van der Waals surface area contributed by atoms with Gasteiger partial charge in [0.1, 0.15) is 5.82 Å². The first-order chi connectivity index (χ1) is 8.19. The van der Waals surface area contributed by atoms with Gasteiger partial charge in [0.05, 0.1) is 13.2 Å². The second-order valence-corrected chi connectivity index (χ2v) is 3.55. The fourth-order valence-corrected chi connectivity index (χ4v) is 1.39. The van der Waals surface area contributed by atoms with Crippen LogP contribution in [0.3, 0.4) is 0 Å². The molecule has 1 atom stereocenters. The molecule has 0 spiro atoms. The molecule has 1 unspecified atom stereocenters. The quantitative estimate of drug-likeness (QED) is 0.717. The minimum absolute atomic E-state index is 0.0734. The Morgan fingerprint density at radius 2 is 2.06 bits per heavy atom. The van der Waals surface area contributed by atoms with Crippen molar-refractivity contribution in [2.24, 2.45) is 0 Å². The highest BCUT2D eigenvalue weighted by molar-refractivity contribution is 5.74. The number of hydrogen-bond donors (Lipinski definition) is 0. The van der Waals surface area contributed by atoms with E-state index >= 15 is 0 Å². The molecule has 17 heavy (non-hydrogen) atoms. The number of hydrogen-bond acceptors (Lipinski definition) is 3. The van der Waals surface area contributed by atoms with Gasteiger partial charge in [0.15, 0.2) is 6.10 Å². The zero-order chi connectivity index (χ0) is 12.7. The summed E-state index contributed by atoms with van der Waals surface area (Å²) in [6.45, 7) is 3.95. The predicted octanol–water partition coefficient (Wildman–Crippen LogP) is 2.68. The van der Waals surface area contributed by atoms with E-state index in [1.54, 1.807) is 25.1 Å². The van der Waals surface area contributed by atoms with Gasteiger partial charge >= 0.3 is 5.97 Å². The van der Waals surface area contributed by atoms with Gasteiger partial charge in [-0.25, -0.2) is 9.18 Å². The van der Waals surface area contributed by atoms with Crippen molar-refractivity contribution in [2.45, 2.75) is 33.0 Å². The van der Waals surface area contributed by atoms with E-state index in [9.17, 15) is 9.18 Å². The highest BCUT2D eigenvalue weighted by atomic mass is 19.1. The number of carbonyl (C=O) groups is 1. The molecule has 0 saturated carbocycles. The summed E-state index contributed by atoms with van der Waals surface area (Å²) in [7, 11) is 0. The van der Waals surface area contributed by atoms with Crippen LogP contribution in [0.25, 0.3) is 0 Å². The van der Waals surface area contributed by atoms with E-state index in [0.717, 1.165) is 0 Å². The van der Waals surface area contributed by atoms with Gasteiger partial charge in [0, 0.05) is 5.56 Å². The van der Waals surface area contributed by atoms with E-state index < -0.39 is 12.1 Å². The van der Waals surface area contributed by atoms with Crippen molar-refractivity contribution in [3.63, 3.8) is 0 Å². The molecule has 0 aromatic heterocycles. The third-order valence-electron chi connectivity index (χ3n) is 2.32. The second kappa shape index (κ2) is 7.01. The van der Waals surface area contributed by atoms with Gasteiger partial charge < -0.3 is 9.47 Å². The van der Waals surface area contributed by atoms with Crippen molar-refractivity contribution in [2.75, 3.05) is 6.61 Å². The van der Waals surface area contributed by atoms with Crippen molar-refractivity contribution in [3.05, 3.63) is 35.6 Å². The van der Waals surface area contributed by atoms with Gasteiger partial charge in [0.2, 0.25) is 0 Å². The lowest BCUT2D eigenvalue weighted by Crippen LogP contribution is -2.25. The highest BCUT2D eigenvalue weighted by Gasteiger charge is 2.18. The Morgan fingerprint density at radius 3 is 2.65 bits per heavy atom. The number of halogens is 1. The van der Waals surface area contributed by atoms with Gasteiger partial charge in [-0.2, -0.15) is 0 Å². The molecule has 1 aromatic carbocycles. The number of ether oxygens (including phenoxy) is 2. The first-order valence-corrected chi connectivity index (χ1v) is 5.70. The topological polar surface area (TPSA) is 35.5 Å². The predicted molar refractivity (Wildman–Crippen MR) is 61.9 cm³/mol. The minimum Gasteiger partial charge on any atom is -0.464 e. The van der Waals surface area contributed by atoms with Gasteiger partial charge in [-0.3, -0.25) is 0 Å². The van der Waals surface area contributed by atoms with Crippen LogP contribution in [0.2, 0.25) is 0 Å². The molecular formula is C13H17FO3. The fraction of sp³-hybridized carbons (Fsp3) is 0.462. The van der Waals surface area contributed by atoms with Gasteiger partial charge in [-0.05, 0) is 19.4 Å². The minimum atomic E-state index is -0.630. The molecule has 4 heteroatoms. The molecule has 0 heterocycles. The van der Waals surface area contributed by atoms with Crippen molar-refractivity contribution >= 4 is 5.97 Å². The van der Waals surface area contributed by atoms with Gasteiger partial charge in [-0.15, -0.1) is 0 Å². The molecule has 0 fully saturated rings. The highest BCUT2D eigenvalue weighted by Crippen LogP contribution is 2.11. The Balaban J connectivity index is 2.53. The van der Waals surface area contributed by atoms with E-state index in [4.69, 9.17) is 9.47 Å². The largest absolute Gasteiger partial charge is 0.464 e. The molecule has 1 rings (SSSR count). The Kier molecular flexibility index (Phi) is 5.63. The molecule has 0 aliphatic carbocycles. The van der Waals surface area contributed by atoms with Gasteiger partial charge in [0.25, 0.3) is 0 Å². The molecule has 0 N–H and O–H groups in total. The lowest BCUT2D eigenvalue weighted by molar-refractivity contribution is -0.157. The van der Waals surface area contributed by atoms with Crippen molar-refractivity contribution in [1.82, 2.24) is 0 Å². The third kappa shape index (κ3) is 4.15. The van der Waals surface area contributed by atoms with Crippen LogP contribution in [0.1, 0.15) is 25.8 Å². The SMILES string of the molecule is CCOC(=O)C(CC)OCc1ccccc1F. The Labute approximate surface area is 101 Å². The van der Waals surface area contributed by atoms with Crippen LogP contribution >= 0.6 is 0 Å². The molecule has 3 nitrogen and oxygen atoms in total. The maximum atomic E-state index is 13.3. The van der Waals surface area contributed by atoms with Crippen molar-refractivity contribution in [1.29, 1.82) is 0 Å². The lowest BCUT2D eigenvalue weighted by atomic mass is 10.2. The van der Waals surface area contributed by atoms with Crippen LogP contribution < -0.4 is 0 Å². The summed E-state index contributed by atoms with van der Waals surface area (Å²) in [6.07, 6.45) is -0.123. The average molecular weight is 240 g/mol. The van der Waals surface area contributed by atoms with Crippen molar-refractivity contribution < 1.29 is 18.7 Å². The standard InChI is InChI=1S/C13H17FO3/c1-3-12(13(15)16-4-2)17-9-10-7-5-6-8-11(10)14/h5-8,12H,3-4,9H2,1-2H3. The van der Waals surface area contributed by atoms with Crippen LogP contribution in [0.15, 0.2) is 24.3 Å². The molecule has 0 aliphatic heterocycles. The molecule has 0 bridgehead atoms. The molecule has 1 aromatic rings. The zero-order valence-corrected chi connectivity index (χ0v) is 10.1. The molecular weight excluding hydrogens is 223 g/mol. The maximum Gasteiger partial charge on any atom is 0.335 e. The Morgan fingerprint density at radius 1 is 1.35 bits per heavy atom. The van der Waals surface area contributed by atoms with Crippen LogP contribution in [0.4, 0.5) is 4.39 Å². The van der Waals surface area contributed by atoms with Crippen LogP contribution in [0, 0.1) is 5.82 Å². The smallest absolute Gasteiger partial charge is 0.335 e. The van der Waals surface area contributed by atoms with E-state index in [1.807, 2.05) is 6.92 Å². The Hall–Kier alpha value is -1.42. The normalized spacial score (nSPS) is 12.2. The van der Waals surface area contributed by atoms with Crippen molar-refractivity contribution in [3.8, 4) is 0 Å². The summed E-state index contributed by atoms with van der Waals surface area (Å²) in [5, 5.41) is 0. The van der Waals surface area contributed by atoms with E-state index in [2.05, 4.69) is 0 Å². The lowest BCUT2D eigenvalue weighted by Gasteiger charge is -2.14. The summed E-state index contributed by atoms with van der Waals surface area (Å²) in [5.74, 6) is -0.724. The molecule has 0 amide bonds. The third-order valence-corrected chi connectivity index (χ3v) is 2.32. The number of carbonyl (C=O) groups excluding carboxylic acids is 1. The molecule has 94 valence electrons. The van der Waals surface area contributed by atoms with Crippen LogP contribution in [-0.4, -0.2) is 18.7 Å².